The van der Waals surface area contributed by atoms with Gasteiger partial charge in [-0.25, -0.2) is 13.8 Å². The number of halogens is 2. The first-order valence-electron chi connectivity index (χ1n) is 18.6. The fourth-order valence-electron chi connectivity index (χ4n) is 8.99. The molecule has 11 heteroatoms. The average molecular weight is 727 g/mol. The minimum absolute atomic E-state index is 0.0179. The Bertz CT molecular complexity index is 2520. The van der Waals surface area contributed by atoms with Gasteiger partial charge in [-0.15, -0.1) is 0 Å². The first-order chi connectivity index (χ1) is 26.0. The molecule has 2 N–H and O–H groups in total. The number of hydrogen-bond donors (Lipinski definition) is 2. The second-order valence-electron chi connectivity index (χ2n) is 15.4. The summed E-state index contributed by atoms with van der Waals surface area (Å²) in [5.41, 5.74) is 3.80. The predicted molar refractivity (Wildman–Crippen MR) is 202 cm³/mol. The van der Waals surface area contributed by atoms with Crippen LogP contribution in [0.4, 0.5) is 8.78 Å². The zero-order chi connectivity index (χ0) is 37.5. The number of ether oxygens (including phenoxy) is 1. The van der Waals surface area contributed by atoms with Crippen molar-refractivity contribution in [2.24, 2.45) is 5.92 Å². The maximum atomic E-state index is 17.8. The molecule has 1 unspecified atom stereocenters. The molecule has 3 saturated heterocycles. The maximum Gasteiger partial charge on any atom is 0.249 e. The molecule has 3 aromatic heterocycles. The highest BCUT2D eigenvalue weighted by Crippen LogP contribution is 2.50. The van der Waals surface area contributed by atoms with Gasteiger partial charge in [0.25, 0.3) is 0 Å². The lowest BCUT2D eigenvalue weighted by molar-refractivity contribution is -0.145. The van der Waals surface area contributed by atoms with Crippen LogP contribution in [0.25, 0.3) is 55.0 Å². The minimum Gasteiger partial charge on any atom is -0.384 e. The van der Waals surface area contributed by atoms with Gasteiger partial charge in [0.15, 0.2) is 5.82 Å². The number of pyridine rings is 2. The van der Waals surface area contributed by atoms with Gasteiger partial charge in [0.2, 0.25) is 5.91 Å². The molecule has 3 aromatic carbocycles. The molecule has 3 aliphatic heterocycles. The third-order valence-corrected chi connectivity index (χ3v) is 11.7. The number of amides is 1. The van der Waals surface area contributed by atoms with E-state index in [9.17, 15) is 19.6 Å². The Morgan fingerprint density at radius 2 is 1.96 bits per heavy atom. The Kier molecular flexibility index (Phi) is 8.26. The summed E-state index contributed by atoms with van der Waals surface area (Å²) in [5, 5.41) is 26.8. The number of nitrogens with zero attached hydrogens (tertiary/aromatic N) is 5. The van der Waals surface area contributed by atoms with Crippen molar-refractivity contribution in [1.29, 1.82) is 5.26 Å². The SMILES string of the molecule is CC(c1cc2c(-c3ccc(C(C)(C)O)nc3)nc3c(F)c(-c4cccc5ccc(F)cc45)c(CCC#N)cc3c2n1[C@H]1[C@H]2CN[C@@H]1C2)N1CCOCC1=O. The van der Waals surface area contributed by atoms with Crippen LogP contribution in [0.3, 0.4) is 0 Å². The van der Waals surface area contributed by atoms with E-state index in [0.717, 1.165) is 34.9 Å². The lowest BCUT2D eigenvalue weighted by Gasteiger charge is -2.40. The van der Waals surface area contributed by atoms with Crippen LogP contribution in [-0.2, 0) is 21.6 Å². The molecule has 4 aliphatic rings. The highest BCUT2D eigenvalue weighted by atomic mass is 19.1. The number of benzene rings is 3. The van der Waals surface area contributed by atoms with E-state index in [1.807, 2.05) is 36.1 Å². The average Bonchev–Trinajstić information content (AvgIpc) is 3.90. The van der Waals surface area contributed by atoms with E-state index in [-0.39, 0.29) is 49.0 Å². The normalized spacial score (nSPS) is 20.5. The van der Waals surface area contributed by atoms with E-state index in [1.54, 1.807) is 38.2 Å². The van der Waals surface area contributed by atoms with Crippen LogP contribution < -0.4 is 5.32 Å². The number of carbonyl (C=O) groups excluding carboxylic acids is 1. The molecule has 0 radical (unpaired) electrons. The van der Waals surface area contributed by atoms with Crippen LogP contribution in [-0.4, -0.2) is 62.8 Å². The van der Waals surface area contributed by atoms with Gasteiger partial charge in [0.1, 0.15) is 23.5 Å². The number of nitrogens with one attached hydrogen (secondary N) is 1. The third kappa shape index (κ3) is 5.46. The van der Waals surface area contributed by atoms with Crippen LogP contribution >= 0.6 is 0 Å². The monoisotopic (exact) mass is 726 g/mol. The molecule has 9 nitrogen and oxygen atoms in total. The second-order valence-corrected chi connectivity index (χ2v) is 15.4. The van der Waals surface area contributed by atoms with Crippen LogP contribution in [0.15, 0.2) is 66.9 Å². The van der Waals surface area contributed by atoms with E-state index in [0.29, 0.717) is 63.5 Å². The van der Waals surface area contributed by atoms with Crippen molar-refractivity contribution >= 4 is 38.5 Å². The van der Waals surface area contributed by atoms with Crippen molar-refractivity contribution in [3.05, 3.63) is 95.4 Å². The summed E-state index contributed by atoms with van der Waals surface area (Å²) in [7, 11) is 0. The highest BCUT2D eigenvalue weighted by Gasteiger charge is 2.49. The van der Waals surface area contributed by atoms with Crippen molar-refractivity contribution in [2.75, 3.05) is 26.3 Å². The summed E-state index contributed by atoms with van der Waals surface area (Å²) in [6.07, 6.45) is 3.12. The lowest BCUT2D eigenvalue weighted by Crippen LogP contribution is -2.45. The Morgan fingerprint density at radius 1 is 1.11 bits per heavy atom. The van der Waals surface area contributed by atoms with Crippen LogP contribution in [0, 0.1) is 28.9 Å². The van der Waals surface area contributed by atoms with Gasteiger partial charge in [0.05, 0.1) is 41.7 Å². The smallest absolute Gasteiger partial charge is 0.249 e. The molecule has 4 fully saturated rings. The van der Waals surface area contributed by atoms with Gasteiger partial charge in [-0.2, -0.15) is 5.26 Å². The third-order valence-electron chi connectivity index (χ3n) is 11.7. The Labute approximate surface area is 311 Å². The van der Waals surface area contributed by atoms with Crippen molar-refractivity contribution < 1.29 is 23.4 Å². The summed E-state index contributed by atoms with van der Waals surface area (Å²) in [6, 6.07) is 19.9. The molecule has 6 aromatic rings. The fraction of sp³-hybridized carbons (Fsp3) is 0.349. The number of rotatable bonds is 8. The summed E-state index contributed by atoms with van der Waals surface area (Å²) in [4.78, 5) is 24.8. The van der Waals surface area contributed by atoms with E-state index in [4.69, 9.17) is 9.72 Å². The maximum absolute atomic E-state index is 17.8. The molecule has 274 valence electrons. The first kappa shape index (κ1) is 34.5. The van der Waals surface area contributed by atoms with Crippen molar-refractivity contribution in [1.82, 2.24) is 24.8 Å². The number of morpholine rings is 1. The Balaban J connectivity index is 1.39. The highest BCUT2D eigenvalue weighted by molar-refractivity contribution is 6.12. The molecule has 10 rings (SSSR count). The molecule has 2 bridgehead atoms. The van der Waals surface area contributed by atoms with Gasteiger partial charge in [-0.05, 0) is 97.8 Å². The second kappa shape index (κ2) is 12.9. The molecule has 4 atom stereocenters. The topological polar surface area (TPSA) is 116 Å². The lowest BCUT2D eigenvalue weighted by atomic mass is 9.79. The van der Waals surface area contributed by atoms with Gasteiger partial charge in [0, 0.05) is 59.3 Å². The van der Waals surface area contributed by atoms with E-state index in [1.165, 1.54) is 12.1 Å². The van der Waals surface area contributed by atoms with Gasteiger partial charge in [-0.3, -0.25) is 9.78 Å². The van der Waals surface area contributed by atoms with Crippen LogP contribution in [0.1, 0.15) is 62.6 Å². The number of aliphatic hydroxyl groups is 1. The van der Waals surface area contributed by atoms with E-state index in [2.05, 4.69) is 27.0 Å². The number of aromatic nitrogens is 3. The molecular weight excluding hydrogens is 687 g/mol. The van der Waals surface area contributed by atoms with E-state index >= 15 is 4.39 Å². The first-order valence-corrected chi connectivity index (χ1v) is 18.6. The minimum atomic E-state index is -1.17. The molecule has 1 aliphatic carbocycles. The molecular formula is C43H40F2N6O3. The summed E-state index contributed by atoms with van der Waals surface area (Å²) in [5.74, 6) is -0.720. The zero-order valence-corrected chi connectivity index (χ0v) is 30.4. The standard InChI is InChI=1S/C43H40F2N6O3/c1-23(50-14-15-54-22-36(50)52)34-19-32-39(26-10-12-35(48-20-26)43(2,3)53)49-40-31(42(32)51(34)41-27-17-33(41)47-21-27)16-25(7-5-13-46)37(38(40)45)29-8-4-6-24-9-11-28(44)18-30(24)29/h4,6,8-12,16,18-20,23,27,33,41,47,53H,5,7,14-15,17,21-22H2,1-3H3/t23?,27-,33-,41+/m1/s1. The molecule has 0 spiro atoms. The summed E-state index contributed by atoms with van der Waals surface area (Å²) in [6.45, 7) is 7.15. The fourth-order valence-corrected chi connectivity index (χ4v) is 8.99. The number of carbonyl (C=O) groups is 1. The molecule has 54 heavy (non-hydrogen) atoms. The Morgan fingerprint density at radius 3 is 2.67 bits per heavy atom. The van der Waals surface area contributed by atoms with Crippen LogP contribution in [0.5, 0.6) is 0 Å². The van der Waals surface area contributed by atoms with Gasteiger partial charge >= 0.3 is 0 Å². The summed E-state index contributed by atoms with van der Waals surface area (Å²) < 4.78 is 40.4. The quantitative estimate of drug-likeness (QED) is 0.167. The van der Waals surface area contributed by atoms with E-state index < -0.39 is 17.2 Å². The molecule has 1 saturated carbocycles. The van der Waals surface area contributed by atoms with Gasteiger partial charge in [-0.1, -0.05) is 24.3 Å². The zero-order valence-electron chi connectivity index (χ0n) is 30.4. The van der Waals surface area contributed by atoms with Crippen molar-refractivity contribution in [3.8, 4) is 28.5 Å². The van der Waals surface area contributed by atoms with Crippen LogP contribution in [0.2, 0.25) is 0 Å². The number of aryl methyl sites for hydroxylation is 1. The van der Waals surface area contributed by atoms with Crippen molar-refractivity contribution in [3.63, 3.8) is 0 Å². The largest absolute Gasteiger partial charge is 0.384 e. The predicted octanol–water partition coefficient (Wildman–Crippen LogP) is 7.49. The van der Waals surface area contributed by atoms with Crippen molar-refractivity contribution in [2.45, 2.75) is 63.8 Å². The van der Waals surface area contributed by atoms with Gasteiger partial charge < -0.3 is 24.6 Å². The molecule has 6 heterocycles. The number of nitriles is 1. The molecule has 1 amide bonds. The number of hydrogen-bond acceptors (Lipinski definition) is 7. The summed E-state index contributed by atoms with van der Waals surface area (Å²) >= 11 is 0. The Hall–Kier alpha value is -5.28. The number of fused-ring (bicyclic) bond motifs is 5.